The smallest absolute Gasteiger partial charge is 0.0520 e. The number of allylic oxidation sites excluding steroid dienone is 2. The quantitative estimate of drug-likeness (QED) is 0.320. The predicted molar refractivity (Wildman–Crippen MR) is 73.1 cm³/mol. The summed E-state index contributed by atoms with van der Waals surface area (Å²) in [6.07, 6.45) is 17.1. The minimum absolute atomic E-state index is 0.117. The molecule has 0 atom stereocenters. The molecule has 0 aliphatic carbocycles. The molecule has 0 aliphatic rings. The summed E-state index contributed by atoms with van der Waals surface area (Å²) in [5.41, 5.74) is 11.0. The topological polar surface area (TPSA) is 52.0 Å². The second-order valence-electron chi connectivity index (χ2n) is 4.62. The lowest BCUT2D eigenvalue weighted by atomic mass is 10.1. The van der Waals surface area contributed by atoms with Gasteiger partial charge in [-0.05, 0) is 32.1 Å². The van der Waals surface area contributed by atoms with Gasteiger partial charge in [0.2, 0.25) is 0 Å². The Morgan fingerprint density at radius 2 is 1.38 bits per heavy atom. The van der Waals surface area contributed by atoms with E-state index in [9.17, 15) is 0 Å². The first-order valence-corrected chi connectivity index (χ1v) is 6.93. The molecule has 96 valence electrons. The van der Waals surface area contributed by atoms with Crippen LogP contribution in [0.1, 0.15) is 71.1 Å². The minimum Gasteiger partial charge on any atom is -0.316 e. The van der Waals surface area contributed by atoms with E-state index >= 15 is 0 Å². The van der Waals surface area contributed by atoms with Gasteiger partial charge in [0.15, 0.2) is 0 Å². The van der Waals surface area contributed by atoms with E-state index in [1.54, 1.807) is 0 Å². The average Bonchev–Trinajstić information content (AvgIpc) is 2.25. The van der Waals surface area contributed by atoms with Crippen LogP contribution < -0.4 is 11.5 Å². The molecule has 16 heavy (non-hydrogen) atoms. The van der Waals surface area contributed by atoms with E-state index in [4.69, 9.17) is 11.5 Å². The van der Waals surface area contributed by atoms with Crippen LogP contribution in [0.3, 0.4) is 0 Å². The third kappa shape index (κ3) is 13.7. The molecule has 0 unspecified atom stereocenters. The SMILES string of the molecule is CCCCCCC=CCCCCCC(N)N. The number of nitrogens with two attached hydrogens (primary N) is 2. The van der Waals surface area contributed by atoms with E-state index < -0.39 is 0 Å². The summed E-state index contributed by atoms with van der Waals surface area (Å²) >= 11 is 0. The van der Waals surface area contributed by atoms with Crippen molar-refractivity contribution >= 4 is 0 Å². The lowest BCUT2D eigenvalue weighted by Crippen LogP contribution is -2.29. The lowest BCUT2D eigenvalue weighted by Gasteiger charge is -2.03. The number of hydrogen-bond acceptors (Lipinski definition) is 2. The van der Waals surface area contributed by atoms with Crippen LogP contribution >= 0.6 is 0 Å². The zero-order valence-corrected chi connectivity index (χ0v) is 11.0. The van der Waals surface area contributed by atoms with E-state index in [0.717, 1.165) is 6.42 Å². The van der Waals surface area contributed by atoms with Crippen LogP contribution in [0.25, 0.3) is 0 Å². The molecular weight excluding hydrogens is 196 g/mol. The Hall–Kier alpha value is -0.340. The van der Waals surface area contributed by atoms with Crippen molar-refractivity contribution in [1.82, 2.24) is 0 Å². The Morgan fingerprint density at radius 1 is 0.812 bits per heavy atom. The van der Waals surface area contributed by atoms with E-state index in [1.807, 2.05) is 0 Å². The van der Waals surface area contributed by atoms with Gasteiger partial charge in [-0.3, -0.25) is 0 Å². The Kier molecular flexibility index (Phi) is 12.5. The standard InChI is InChI=1S/C14H30N2/c1-2-3-4-5-6-7-8-9-10-11-12-13-14(15)16/h7-8,14H,2-6,9-13,15-16H2,1H3. The average molecular weight is 226 g/mol. The molecule has 0 spiro atoms. The van der Waals surface area contributed by atoms with Crippen molar-refractivity contribution in [2.45, 2.75) is 77.3 Å². The van der Waals surface area contributed by atoms with E-state index in [1.165, 1.54) is 57.8 Å². The lowest BCUT2D eigenvalue weighted by molar-refractivity contribution is 0.566. The molecule has 0 saturated carbocycles. The third-order valence-corrected chi connectivity index (χ3v) is 2.80. The Morgan fingerprint density at radius 3 is 1.88 bits per heavy atom. The third-order valence-electron chi connectivity index (χ3n) is 2.80. The Bertz CT molecular complexity index is 153. The fourth-order valence-corrected chi connectivity index (χ4v) is 1.74. The number of rotatable bonds is 11. The molecular formula is C14H30N2. The molecule has 0 bridgehead atoms. The maximum Gasteiger partial charge on any atom is 0.0520 e. The molecule has 2 nitrogen and oxygen atoms in total. The van der Waals surface area contributed by atoms with E-state index in [0.29, 0.717) is 0 Å². The van der Waals surface area contributed by atoms with Gasteiger partial charge in [-0.2, -0.15) is 0 Å². The molecule has 0 saturated heterocycles. The fourth-order valence-electron chi connectivity index (χ4n) is 1.74. The van der Waals surface area contributed by atoms with Gasteiger partial charge < -0.3 is 11.5 Å². The minimum atomic E-state index is -0.117. The second-order valence-corrected chi connectivity index (χ2v) is 4.62. The molecule has 0 fully saturated rings. The van der Waals surface area contributed by atoms with Gasteiger partial charge in [0.25, 0.3) is 0 Å². The molecule has 0 amide bonds. The first-order chi connectivity index (χ1) is 7.77. The number of unbranched alkanes of at least 4 members (excludes halogenated alkanes) is 7. The first-order valence-electron chi connectivity index (χ1n) is 6.93. The van der Waals surface area contributed by atoms with E-state index in [2.05, 4.69) is 19.1 Å². The van der Waals surface area contributed by atoms with Crippen molar-refractivity contribution in [1.29, 1.82) is 0 Å². The molecule has 2 heteroatoms. The van der Waals surface area contributed by atoms with Crippen LogP contribution in [-0.2, 0) is 0 Å². The van der Waals surface area contributed by atoms with Crippen LogP contribution in [0.2, 0.25) is 0 Å². The fraction of sp³-hybridized carbons (Fsp3) is 0.857. The molecule has 0 aromatic carbocycles. The molecule has 4 N–H and O–H groups in total. The van der Waals surface area contributed by atoms with Gasteiger partial charge >= 0.3 is 0 Å². The van der Waals surface area contributed by atoms with Gasteiger partial charge in [0, 0.05) is 0 Å². The maximum absolute atomic E-state index is 5.48. The summed E-state index contributed by atoms with van der Waals surface area (Å²) < 4.78 is 0. The van der Waals surface area contributed by atoms with Crippen molar-refractivity contribution < 1.29 is 0 Å². The van der Waals surface area contributed by atoms with Crippen molar-refractivity contribution in [2.75, 3.05) is 0 Å². The molecule has 0 aromatic rings. The van der Waals surface area contributed by atoms with Gasteiger partial charge in [0.1, 0.15) is 0 Å². The number of hydrogen-bond donors (Lipinski definition) is 2. The highest BCUT2D eigenvalue weighted by Gasteiger charge is 1.93. The van der Waals surface area contributed by atoms with Crippen LogP contribution in [0.15, 0.2) is 12.2 Å². The Labute approximate surface area is 101 Å². The zero-order valence-electron chi connectivity index (χ0n) is 11.0. The van der Waals surface area contributed by atoms with Crippen molar-refractivity contribution in [3.8, 4) is 0 Å². The van der Waals surface area contributed by atoms with Gasteiger partial charge in [-0.25, -0.2) is 0 Å². The Balaban J connectivity index is 3.04. The summed E-state index contributed by atoms with van der Waals surface area (Å²) in [4.78, 5) is 0. The zero-order chi connectivity index (χ0) is 12.1. The second kappa shape index (κ2) is 12.7. The summed E-state index contributed by atoms with van der Waals surface area (Å²) in [5.74, 6) is 0. The van der Waals surface area contributed by atoms with Gasteiger partial charge in [-0.1, -0.05) is 51.2 Å². The molecule has 0 aromatic heterocycles. The monoisotopic (exact) mass is 226 g/mol. The molecule has 0 radical (unpaired) electrons. The van der Waals surface area contributed by atoms with Gasteiger partial charge in [0.05, 0.1) is 6.17 Å². The van der Waals surface area contributed by atoms with E-state index in [-0.39, 0.29) is 6.17 Å². The van der Waals surface area contributed by atoms with Crippen molar-refractivity contribution in [3.05, 3.63) is 12.2 Å². The highest BCUT2D eigenvalue weighted by Crippen LogP contribution is 2.06. The van der Waals surface area contributed by atoms with Crippen LogP contribution in [-0.4, -0.2) is 6.17 Å². The highest BCUT2D eigenvalue weighted by atomic mass is 14.8. The van der Waals surface area contributed by atoms with Crippen molar-refractivity contribution in [2.24, 2.45) is 11.5 Å². The summed E-state index contributed by atoms with van der Waals surface area (Å²) in [6.45, 7) is 2.25. The molecule has 0 heterocycles. The largest absolute Gasteiger partial charge is 0.316 e. The molecule has 0 aliphatic heterocycles. The maximum atomic E-state index is 5.48. The summed E-state index contributed by atoms with van der Waals surface area (Å²) in [6, 6.07) is 0. The first kappa shape index (κ1) is 15.7. The van der Waals surface area contributed by atoms with Crippen LogP contribution in [0.4, 0.5) is 0 Å². The van der Waals surface area contributed by atoms with Crippen LogP contribution in [0, 0.1) is 0 Å². The highest BCUT2D eigenvalue weighted by molar-refractivity contribution is 4.81. The van der Waals surface area contributed by atoms with Crippen molar-refractivity contribution in [3.63, 3.8) is 0 Å². The molecule has 0 rings (SSSR count). The normalized spacial score (nSPS) is 11.8. The summed E-state index contributed by atoms with van der Waals surface area (Å²) in [7, 11) is 0. The van der Waals surface area contributed by atoms with Crippen LogP contribution in [0.5, 0.6) is 0 Å². The predicted octanol–water partition coefficient (Wildman–Crippen LogP) is 3.71. The summed E-state index contributed by atoms with van der Waals surface area (Å²) in [5, 5.41) is 0. The van der Waals surface area contributed by atoms with Gasteiger partial charge in [-0.15, -0.1) is 0 Å².